The number of aliphatic carboxylic acids is 1. The van der Waals surface area contributed by atoms with E-state index in [4.69, 9.17) is 5.11 Å². The summed E-state index contributed by atoms with van der Waals surface area (Å²) >= 11 is 0. The summed E-state index contributed by atoms with van der Waals surface area (Å²) in [6.07, 6.45) is 1.27. The molecule has 6 nitrogen and oxygen atoms in total. The molecule has 2 heterocycles. The van der Waals surface area contributed by atoms with E-state index in [2.05, 4.69) is 0 Å². The van der Waals surface area contributed by atoms with Crippen LogP contribution < -0.4 is 0 Å². The van der Waals surface area contributed by atoms with E-state index in [1.165, 1.54) is 18.2 Å². The average molecular weight is 334 g/mol. The molecule has 1 N–H and O–H groups in total. The van der Waals surface area contributed by atoms with Crippen LogP contribution in [0.15, 0.2) is 24.3 Å². The number of carbonyl (C=O) groups excluding carboxylic acids is 2. The van der Waals surface area contributed by atoms with Gasteiger partial charge in [0.2, 0.25) is 5.91 Å². The molecule has 1 aromatic rings. The standard InChI is InChI=1S/C17H19FN2O4/c18-13-3-1-2-11(8-13)16(22)19-6-4-14(5-7-19)20-10-12(17(23)24)9-15(20)21/h1-3,8,12,14H,4-7,9-10H2,(H,23,24). The first-order chi connectivity index (χ1) is 11.5. The lowest BCUT2D eigenvalue weighted by atomic mass is 10.0. The van der Waals surface area contributed by atoms with Crippen LogP contribution in [0.4, 0.5) is 4.39 Å². The Balaban J connectivity index is 1.59. The van der Waals surface area contributed by atoms with Gasteiger partial charge in [-0.3, -0.25) is 14.4 Å². The summed E-state index contributed by atoms with van der Waals surface area (Å²) in [5.41, 5.74) is 0.316. The highest BCUT2D eigenvalue weighted by Gasteiger charge is 2.39. The zero-order valence-corrected chi connectivity index (χ0v) is 13.2. The topological polar surface area (TPSA) is 77.9 Å². The molecule has 1 aromatic carbocycles. The predicted octanol–water partition coefficient (Wildman–Crippen LogP) is 1.36. The molecule has 0 saturated carbocycles. The SMILES string of the molecule is O=C(O)C1CC(=O)N(C2CCN(C(=O)c3cccc(F)c3)CC2)C1. The van der Waals surface area contributed by atoms with Gasteiger partial charge in [-0.2, -0.15) is 0 Å². The Morgan fingerprint density at radius 2 is 1.92 bits per heavy atom. The summed E-state index contributed by atoms with van der Waals surface area (Å²) in [6, 6.07) is 5.57. The van der Waals surface area contributed by atoms with Gasteiger partial charge in [0.05, 0.1) is 5.92 Å². The Labute approximate surface area is 138 Å². The monoisotopic (exact) mass is 334 g/mol. The maximum atomic E-state index is 13.2. The summed E-state index contributed by atoms with van der Waals surface area (Å²) < 4.78 is 13.2. The van der Waals surface area contributed by atoms with Crippen molar-refractivity contribution in [2.24, 2.45) is 5.92 Å². The number of benzene rings is 1. The van der Waals surface area contributed by atoms with Crippen molar-refractivity contribution in [3.05, 3.63) is 35.6 Å². The molecule has 24 heavy (non-hydrogen) atoms. The number of carboxylic acids is 1. The lowest BCUT2D eigenvalue weighted by Gasteiger charge is -2.36. The minimum absolute atomic E-state index is 0.0293. The Hall–Kier alpha value is -2.44. The third-order valence-electron chi connectivity index (χ3n) is 4.77. The largest absolute Gasteiger partial charge is 0.481 e. The number of amides is 2. The molecule has 1 unspecified atom stereocenters. The molecule has 0 radical (unpaired) electrons. The minimum Gasteiger partial charge on any atom is -0.481 e. The van der Waals surface area contributed by atoms with Crippen LogP contribution in [-0.4, -0.2) is 58.4 Å². The van der Waals surface area contributed by atoms with Crippen LogP contribution in [0.3, 0.4) is 0 Å². The molecule has 3 rings (SSSR count). The van der Waals surface area contributed by atoms with Crippen molar-refractivity contribution in [3.8, 4) is 0 Å². The highest BCUT2D eigenvalue weighted by atomic mass is 19.1. The molecule has 0 aliphatic carbocycles. The molecule has 0 aromatic heterocycles. The third-order valence-corrected chi connectivity index (χ3v) is 4.77. The van der Waals surface area contributed by atoms with E-state index < -0.39 is 17.7 Å². The van der Waals surface area contributed by atoms with Crippen LogP contribution >= 0.6 is 0 Å². The molecular weight excluding hydrogens is 315 g/mol. The summed E-state index contributed by atoms with van der Waals surface area (Å²) in [6.45, 7) is 1.19. The van der Waals surface area contributed by atoms with Gasteiger partial charge in [-0.05, 0) is 31.0 Å². The fourth-order valence-corrected chi connectivity index (χ4v) is 3.43. The van der Waals surface area contributed by atoms with Gasteiger partial charge in [-0.15, -0.1) is 0 Å². The fourth-order valence-electron chi connectivity index (χ4n) is 3.43. The van der Waals surface area contributed by atoms with Crippen molar-refractivity contribution in [2.45, 2.75) is 25.3 Å². The number of hydrogen-bond donors (Lipinski definition) is 1. The zero-order chi connectivity index (χ0) is 17.3. The number of rotatable bonds is 3. The van der Waals surface area contributed by atoms with Gasteiger partial charge in [0.1, 0.15) is 5.82 Å². The number of likely N-dealkylation sites (tertiary alicyclic amines) is 2. The van der Waals surface area contributed by atoms with E-state index in [-0.39, 0.29) is 30.8 Å². The fraction of sp³-hybridized carbons (Fsp3) is 0.471. The molecular formula is C17H19FN2O4. The van der Waals surface area contributed by atoms with Gasteiger partial charge in [0.25, 0.3) is 5.91 Å². The normalized spacial score (nSPS) is 22.0. The van der Waals surface area contributed by atoms with Gasteiger partial charge >= 0.3 is 5.97 Å². The van der Waals surface area contributed by atoms with E-state index in [9.17, 15) is 18.8 Å². The molecule has 2 fully saturated rings. The number of carboxylic acid groups (broad SMARTS) is 1. The molecule has 2 aliphatic rings. The van der Waals surface area contributed by atoms with E-state index in [1.807, 2.05) is 0 Å². The van der Waals surface area contributed by atoms with Crippen LogP contribution in [0.25, 0.3) is 0 Å². The van der Waals surface area contributed by atoms with Gasteiger partial charge in [0, 0.05) is 37.7 Å². The summed E-state index contributed by atoms with van der Waals surface area (Å²) in [5.74, 6) is -2.37. The number of piperidine rings is 1. The van der Waals surface area contributed by atoms with E-state index in [0.29, 0.717) is 31.5 Å². The van der Waals surface area contributed by atoms with Crippen molar-refractivity contribution in [3.63, 3.8) is 0 Å². The van der Waals surface area contributed by atoms with Crippen molar-refractivity contribution < 1.29 is 23.9 Å². The lowest BCUT2D eigenvalue weighted by Crippen LogP contribution is -2.47. The first-order valence-electron chi connectivity index (χ1n) is 8.03. The third kappa shape index (κ3) is 3.25. The van der Waals surface area contributed by atoms with Crippen LogP contribution in [0.2, 0.25) is 0 Å². The molecule has 0 spiro atoms. The Morgan fingerprint density at radius 1 is 1.21 bits per heavy atom. The Kier molecular flexibility index (Phi) is 4.51. The van der Waals surface area contributed by atoms with E-state index >= 15 is 0 Å². The molecule has 1 atom stereocenters. The van der Waals surface area contributed by atoms with Gasteiger partial charge in [-0.1, -0.05) is 6.07 Å². The van der Waals surface area contributed by atoms with Crippen LogP contribution in [0, 0.1) is 11.7 Å². The number of hydrogen-bond acceptors (Lipinski definition) is 3. The Bertz CT molecular complexity index is 670. The number of nitrogens with zero attached hydrogens (tertiary/aromatic N) is 2. The van der Waals surface area contributed by atoms with E-state index in [0.717, 1.165) is 0 Å². The molecule has 2 saturated heterocycles. The predicted molar refractivity (Wildman–Crippen MR) is 82.8 cm³/mol. The van der Waals surface area contributed by atoms with Gasteiger partial charge in [-0.25, -0.2) is 4.39 Å². The molecule has 0 bridgehead atoms. The van der Waals surface area contributed by atoms with E-state index in [1.54, 1.807) is 15.9 Å². The van der Waals surface area contributed by atoms with Crippen LogP contribution in [0.1, 0.15) is 29.6 Å². The zero-order valence-electron chi connectivity index (χ0n) is 13.2. The Morgan fingerprint density at radius 3 is 2.50 bits per heavy atom. The highest BCUT2D eigenvalue weighted by molar-refractivity contribution is 5.94. The summed E-state index contributed by atoms with van der Waals surface area (Å²) in [5, 5.41) is 9.05. The van der Waals surface area contributed by atoms with Gasteiger partial charge in [0.15, 0.2) is 0 Å². The highest BCUT2D eigenvalue weighted by Crippen LogP contribution is 2.26. The van der Waals surface area contributed by atoms with Crippen molar-refractivity contribution >= 4 is 17.8 Å². The summed E-state index contributed by atoms with van der Waals surface area (Å²) in [7, 11) is 0. The second kappa shape index (κ2) is 6.59. The molecule has 7 heteroatoms. The second-order valence-electron chi connectivity index (χ2n) is 6.32. The molecule has 2 amide bonds. The number of carbonyl (C=O) groups is 3. The molecule has 128 valence electrons. The first-order valence-corrected chi connectivity index (χ1v) is 8.03. The van der Waals surface area contributed by atoms with Crippen LogP contribution in [-0.2, 0) is 9.59 Å². The molecule has 2 aliphatic heterocycles. The van der Waals surface area contributed by atoms with Crippen molar-refractivity contribution in [1.29, 1.82) is 0 Å². The minimum atomic E-state index is -0.940. The average Bonchev–Trinajstić information content (AvgIpc) is 2.96. The number of halogens is 1. The first kappa shape index (κ1) is 16.4. The maximum Gasteiger partial charge on any atom is 0.308 e. The van der Waals surface area contributed by atoms with Crippen LogP contribution in [0.5, 0.6) is 0 Å². The lowest BCUT2D eigenvalue weighted by molar-refractivity contribution is -0.141. The summed E-state index contributed by atoms with van der Waals surface area (Å²) in [4.78, 5) is 38.7. The van der Waals surface area contributed by atoms with Gasteiger partial charge < -0.3 is 14.9 Å². The van der Waals surface area contributed by atoms with Crippen molar-refractivity contribution in [2.75, 3.05) is 19.6 Å². The quantitative estimate of drug-likeness (QED) is 0.905. The smallest absolute Gasteiger partial charge is 0.308 e. The maximum absolute atomic E-state index is 13.2. The second-order valence-corrected chi connectivity index (χ2v) is 6.32. The van der Waals surface area contributed by atoms with Crippen molar-refractivity contribution in [1.82, 2.24) is 9.80 Å².